The SMILES string of the molecule is CCC(CC)CC(C)C(C)CCCCC(C)C. The topological polar surface area (TPSA) is 0 Å². The second kappa shape index (κ2) is 9.97. The molecule has 0 aromatic carbocycles. The Balaban J connectivity index is 3.69. The highest BCUT2D eigenvalue weighted by Crippen LogP contribution is 2.27. The van der Waals surface area contributed by atoms with Gasteiger partial charge in [0.15, 0.2) is 0 Å². The van der Waals surface area contributed by atoms with Crippen molar-refractivity contribution in [2.75, 3.05) is 0 Å². The van der Waals surface area contributed by atoms with E-state index < -0.39 is 0 Å². The molecule has 0 aromatic rings. The van der Waals surface area contributed by atoms with Crippen LogP contribution < -0.4 is 0 Å². The van der Waals surface area contributed by atoms with E-state index in [2.05, 4.69) is 41.5 Å². The van der Waals surface area contributed by atoms with Crippen molar-refractivity contribution < 1.29 is 0 Å². The van der Waals surface area contributed by atoms with E-state index in [9.17, 15) is 0 Å². The summed E-state index contributed by atoms with van der Waals surface area (Å²) in [4.78, 5) is 0. The fraction of sp³-hybridized carbons (Fsp3) is 1.00. The first-order valence-corrected chi connectivity index (χ1v) is 8.01. The molecule has 0 heterocycles. The van der Waals surface area contributed by atoms with Crippen molar-refractivity contribution >= 4 is 0 Å². The van der Waals surface area contributed by atoms with Crippen LogP contribution in [0.4, 0.5) is 0 Å². The van der Waals surface area contributed by atoms with E-state index in [-0.39, 0.29) is 0 Å². The van der Waals surface area contributed by atoms with Crippen LogP contribution in [-0.4, -0.2) is 0 Å². The van der Waals surface area contributed by atoms with Crippen LogP contribution >= 0.6 is 0 Å². The Labute approximate surface area is 111 Å². The Morgan fingerprint density at radius 3 is 1.71 bits per heavy atom. The molecule has 0 aliphatic rings. The van der Waals surface area contributed by atoms with Crippen molar-refractivity contribution in [3.63, 3.8) is 0 Å². The zero-order chi connectivity index (χ0) is 13.3. The summed E-state index contributed by atoms with van der Waals surface area (Å²) in [7, 11) is 0. The molecule has 2 atom stereocenters. The lowest BCUT2D eigenvalue weighted by Gasteiger charge is -2.24. The summed E-state index contributed by atoms with van der Waals surface area (Å²) in [6, 6.07) is 0. The molecule has 0 aliphatic carbocycles. The predicted molar refractivity (Wildman–Crippen MR) is 80.3 cm³/mol. The zero-order valence-electron chi connectivity index (χ0n) is 13.3. The number of unbranched alkanes of at least 4 members (excludes halogenated alkanes) is 1. The average Bonchev–Trinajstić information content (AvgIpc) is 2.30. The summed E-state index contributed by atoms with van der Waals surface area (Å²) < 4.78 is 0. The zero-order valence-corrected chi connectivity index (χ0v) is 13.3. The van der Waals surface area contributed by atoms with Gasteiger partial charge in [-0.1, -0.05) is 80.1 Å². The average molecular weight is 240 g/mol. The number of rotatable bonds is 10. The number of hydrogen-bond donors (Lipinski definition) is 0. The van der Waals surface area contributed by atoms with Crippen LogP contribution in [0.2, 0.25) is 0 Å². The molecular weight excluding hydrogens is 204 g/mol. The first kappa shape index (κ1) is 17.0. The summed E-state index contributed by atoms with van der Waals surface area (Å²) in [6.45, 7) is 14.3. The monoisotopic (exact) mass is 240 g/mol. The van der Waals surface area contributed by atoms with Crippen LogP contribution in [0, 0.1) is 23.7 Å². The van der Waals surface area contributed by atoms with Gasteiger partial charge in [-0.2, -0.15) is 0 Å². The van der Waals surface area contributed by atoms with Gasteiger partial charge in [0.25, 0.3) is 0 Å². The Morgan fingerprint density at radius 1 is 0.706 bits per heavy atom. The van der Waals surface area contributed by atoms with E-state index in [4.69, 9.17) is 0 Å². The van der Waals surface area contributed by atoms with Crippen LogP contribution in [0.25, 0.3) is 0 Å². The fourth-order valence-electron chi connectivity index (χ4n) is 2.68. The molecule has 0 aromatic heterocycles. The van der Waals surface area contributed by atoms with Gasteiger partial charge in [-0.3, -0.25) is 0 Å². The van der Waals surface area contributed by atoms with Gasteiger partial charge >= 0.3 is 0 Å². The molecule has 0 N–H and O–H groups in total. The fourth-order valence-corrected chi connectivity index (χ4v) is 2.68. The van der Waals surface area contributed by atoms with Gasteiger partial charge in [-0.05, 0) is 30.1 Å². The van der Waals surface area contributed by atoms with E-state index in [1.165, 1.54) is 44.9 Å². The van der Waals surface area contributed by atoms with Gasteiger partial charge in [0.05, 0.1) is 0 Å². The molecule has 0 nitrogen and oxygen atoms in total. The molecule has 104 valence electrons. The van der Waals surface area contributed by atoms with E-state index in [0.29, 0.717) is 0 Å². The smallest absolute Gasteiger partial charge is 0.0414 e. The van der Waals surface area contributed by atoms with Crippen molar-refractivity contribution in [3.05, 3.63) is 0 Å². The van der Waals surface area contributed by atoms with Gasteiger partial charge in [-0.15, -0.1) is 0 Å². The molecule has 17 heavy (non-hydrogen) atoms. The Hall–Kier alpha value is 0. The summed E-state index contributed by atoms with van der Waals surface area (Å²) in [5.41, 5.74) is 0. The minimum atomic E-state index is 0.882. The van der Waals surface area contributed by atoms with E-state index in [1.54, 1.807) is 0 Å². The second-order valence-electron chi connectivity index (χ2n) is 6.55. The van der Waals surface area contributed by atoms with Gasteiger partial charge < -0.3 is 0 Å². The van der Waals surface area contributed by atoms with Crippen molar-refractivity contribution in [2.24, 2.45) is 23.7 Å². The Morgan fingerprint density at radius 2 is 1.24 bits per heavy atom. The normalized spacial score (nSPS) is 15.5. The third kappa shape index (κ3) is 8.69. The summed E-state index contributed by atoms with van der Waals surface area (Å²) in [6.07, 6.45) is 9.88. The third-order valence-electron chi connectivity index (χ3n) is 4.52. The van der Waals surface area contributed by atoms with Gasteiger partial charge in [0.2, 0.25) is 0 Å². The standard InChI is InChI=1S/C17H36/c1-7-17(8-2)13-16(6)15(5)12-10-9-11-14(3)4/h14-17H,7-13H2,1-6H3. The van der Waals surface area contributed by atoms with Gasteiger partial charge in [-0.25, -0.2) is 0 Å². The van der Waals surface area contributed by atoms with Crippen LogP contribution in [0.1, 0.15) is 86.5 Å². The predicted octanol–water partition coefficient (Wildman–Crippen LogP) is 6.30. The molecule has 2 unspecified atom stereocenters. The lowest BCUT2D eigenvalue weighted by atomic mass is 9.82. The maximum absolute atomic E-state index is 2.46. The molecule has 0 saturated heterocycles. The van der Waals surface area contributed by atoms with Crippen molar-refractivity contribution in [2.45, 2.75) is 86.5 Å². The highest BCUT2D eigenvalue weighted by molar-refractivity contribution is 4.67. The highest BCUT2D eigenvalue weighted by Gasteiger charge is 2.15. The molecule has 0 bridgehead atoms. The van der Waals surface area contributed by atoms with E-state index in [0.717, 1.165) is 23.7 Å². The molecular formula is C17H36. The lowest BCUT2D eigenvalue weighted by Crippen LogP contribution is -2.13. The molecule has 0 saturated carbocycles. The molecule has 0 radical (unpaired) electrons. The van der Waals surface area contributed by atoms with Crippen LogP contribution in [0.15, 0.2) is 0 Å². The first-order valence-electron chi connectivity index (χ1n) is 8.01. The van der Waals surface area contributed by atoms with Crippen molar-refractivity contribution in [3.8, 4) is 0 Å². The van der Waals surface area contributed by atoms with Crippen LogP contribution in [0.3, 0.4) is 0 Å². The van der Waals surface area contributed by atoms with Crippen molar-refractivity contribution in [1.29, 1.82) is 0 Å². The maximum Gasteiger partial charge on any atom is -0.0414 e. The summed E-state index contributed by atoms with van der Waals surface area (Å²) in [5.74, 6) is 3.68. The molecule has 0 spiro atoms. The van der Waals surface area contributed by atoms with Gasteiger partial charge in [0, 0.05) is 0 Å². The highest BCUT2D eigenvalue weighted by atomic mass is 14.2. The lowest BCUT2D eigenvalue weighted by molar-refractivity contribution is 0.274. The maximum atomic E-state index is 2.46. The molecule has 0 rings (SSSR count). The summed E-state index contributed by atoms with van der Waals surface area (Å²) in [5, 5.41) is 0. The molecule has 0 fully saturated rings. The minimum Gasteiger partial charge on any atom is -0.0651 e. The Bertz CT molecular complexity index is 155. The van der Waals surface area contributed by atoms with E-state index in [1.807, 2.05) is 0 Å². The van der Waals surface area contributed by atoms with E-state index >= 15 is 0 Å². The Kier molecular flexibility index (Phi) is 9.97. The van der Waals surface area contributed by atoms with Crippen LogP contribution in [0.5, 0.6) is 0 Å². The third-order valence-corrected chi connectivity index (χ3v) is 4.52. The number of hydrogen-bond acceptors (Lipinski definition) is 0. The quantitative estimate of drug-likeness (QED) is 0.393. The first-order chi connectivity index (χ1) is 8.01. The molecule has 0 aliphatic heterocycles. The largest absolute Gasteiger partial charge is 0.0651 e. The minimum absolute atomic E-state index is 0.882. The molecule has 0 heteroatoms. The molecule has 0 amide bonds. The van der Waals surface area contributed by atoms with Crippen LogP contribution in [-0.2, 0) is 0 Å². The second-order valence-corrected chi connectivity index (χ2v) is 6.55. The summed E-state index contributed by atoms with van der Waals surface area (Å²) >= 11 is 0. The van der Waals surface area contributed by atoms with Gasteiger partial charge in [0.1, 0.15) is 0 Å². The van der Waals surface area contributed by atoms with Crippen molar-refractivity contribution in [1.82, 2.24) is 0 Å².